The zero-order valence-corrected chi connectivity index (χ0v) is 23.8. The molecule has 0 fully saturated rings. The third kappa shape index (κ3) is 7.15. The Morgan fingerprint density at radius 3 is 1.91 bits per heavy atom. The molecule has 3 rings (SSSR count). The molecule has 232 valence electrons. The van der Waals surface area contributed by atoms with Crippen molar-refractivity contribution in [1.29, 1.82) is 0 Å². The number of nitrogens with one attached hydrogen (secondary N) is 1. The van der Waals surface area contributed by atoms with Gasteiger partial charge in [0.25, 0.3) is 11.8 Å². The molecular formula is C25H13F12IN2O2S. The Hall–Kier alpha value is -3.16. The predicted octanol–water partition coefficient (Wildman–Crippen LogP) is 9.00. The molecule has 1 N–H and O–H groups in total. The van der Waals surface area contributed by atoms with E-state index in [0.29, 0.717) is 0 Å². The number of hydrogen-bond donors (Lipinski definition) is 1. The van der Waals surface area contributed by atoms with Crippen LogP contribution in [-0.2, 0) is 5.67 Å². The van der Waals surface area contributed by atoms with Crippen LogP contribution in [0.2, 0.25) is 0 Å². The summed E-state index contributed by atoms with van der Waals surface area (Å²) in [5.74, 6) is -4.46. The number of anilines is 2. The quantitative estimate of drug-likeness (QED) is 0.155. The number of nitrogens with zero attached hydrogens (tertiary/aromatic N) is 1. The molecule has 0 aromatic heterocycles. The highest BCUT2D eigenvalue weighted by molar-refractivity contribution is 14.1. The van der Waals surface area contributed by atoms with Crippen molar-refractivity contribution >= 4 is 57.5 Å². The Morgan fingerprint density at radius 2 is 1.40 bits per heavy atom. The topological polar surface area (TPSA) is 49.4 Å². The SMILES string of the molecule is CN(C(=O)c1ccc(F)cc1)c1cccc(C(=O)Nc2c(I)cc(C(F)(C(F)(F)F)C(F)(F)F)cc2SC(F)(F)F)c1F. The van der Waals surface area contributed by atoms with Crippen molar-refractivity contribution in [2.24, 2.45) is 0 Å². The molecule has 0 saturated heterocycles. The van der Waals surface area contributed by atoms with Crippen molar-refractivity contribution in [1.82, 2.24) is 0 Å². The van der Waals surface area contributed by atoms with E-state index in [1.54, 1.807) is 0 Å². The lowest BCUT2D eigenvalue weighted by atomic mass is 9.94. The van der Waals surface area contributed by atoms with Crippen LogP contribution in [0.4, 0.5) is 64.1 Å². The van der Waals surface area contributed by atoms with Gasteiger partial charge in [0.1, 0.15) is 5.82 Å². The lowest BCUT2D eigenvalue weighted by Crippen LogP contribution is -2.50. The van der Waals surface area contributed by atoms with Gasteiger partial charge in [0.05, 0.1) is 16.9 Å². The number of carbonyl (C=O) groups is 2. The van der Waals surface area contributed by atoms with Crippen LogP contribution in [-0.4, -0.2) is 36.7 Å². The molecule has 0 aliphatic heterocycles. The van der Waals surface area contributed by atoms with Gasteiger partial charge in [-0.05, 0) is 82.9 Å². The first-order valence-electron chi connectivity index (χ1n) is 11.1. The van der Waals surface area contributed by atoms with Crippen molar-refractivity contribution in [2.75, 3.05) is 17.3 Å². The number of hydrogen-bond acceptors (Lipinski definition) is 3. The number of halogens is 13. The molecule has 0 spiro atoms. The van der Waals surface area contributed by atoms with Gasteiger partial charge in [-0.25, -0.2) is 13.2 Å². The molecule has 0 heterocycles. The second kappa shape index (κ2) is 12.1. The molecule has 0 atom stereocenters. The van der Waals surface area contributed by atoms with Gasteiger partial charge in [-0.2, -0.15) is 39.5 Å². The fraction of sp³-hybridized carbons (Fsp3) is 0.200. The van der Waals surface area contributed by atoms with E-state index < -0.39 is 89.7 Å². The van der Waals surface area contributed by atoms with E-state index in [-0.39, 0.29) is 17.7 Å². The fourth-order valence-electron chi connectivity index (χ4n) is 3.63. The highest BCUT2D eigenvalue weighted by Crippen LogP contribution is 2.55. The van der Waals surface area contributed by atoms with E-state index >= 15 is 4.39 Å². The van der Waals surface area contributed by atoms with Crippen molar-refractivity contribution in [3.63, 3.8) is 0 Å². The van der Waals surface area contributed by atoms with Gasteiger partial charge >= 0.3 is 23.5 Å². The van der Waals surface area contributed by atoms with Gasteiger partial charge in [0, 0.05) is 26.6 Å². The highest BCUT2D eigenvalue weighted by Gasteiger charge is 2.73. The summed E-state index contributed by atoms with van der Waals surface area (Å²) in [5, 5.41) is 1.81. The first-order chi connectivity index (χ1) is 19.6. The monoisotopic (exact) mass is 760 g/mol. The van der Waals surface area contributed by atoms with Crippen LogP contribution in [0.1, 0.15) is 26.3 Å². The molecule has 0 aliphatic rings. The average molecular weight is 760 g/mol. The van der Waals surface area contributed by atoms with Crippen LogP contribution in [0.3, 0.4) is 0 Å². The van der Waals surface area contributed by atoms with Crippen LogP contribution >= 0.6 is 34.4 Å². The Labute approximate surface area is 251 Å². The minimum Gasteiger partial charge on any atom is -0.320 e. The summed E-state index contributed by atoms with van der Waals surface area (Å²) in [7, 11) is 1.08. The fourth-order valence-corrected chi connectivity index (χ4v) is 5.27. The molecule has 43 heavy (non-hydrogen) atoms. The second-order valence-electron chi connectivity index (χ2n) is 8.50. The van der Waals surface area contributed by atoms with E-state index in [2.05, 4.69) is 0 Å². The predicted molar refractivity (Wildman–Crippen MR) is 139 cm³/mol. The van der Waals surface area contributed by atoms with Crippen molar-refractivity contribution in [3.8, 4) is 0 Å². The third-order valence-electron chi connectivity index (χ3n) is 5.68. The molecule has 3 aromatic carbocycles. The molecule has 0 radical (unpaired) electrons. The zero-order valence-electron chi connectivity index (χ0n) is 20.8. The first-order valence-corrected chi connectivity index (χ1v) is 13.0. The number of thioether (sulfide) groups is 1. The van der Waals surface area contributed by atoms with Gasteiger partial charge < -0.3 is 10.2 Å². The average Bonchev–Trinajstić information content (AvgIpc) is 2.87. The molecule has 0 aliphatic carbocycles. The molecule has 0 bridgehead atoms. The number of benzene rings is 3. The zero-order chi connectivity index (χ0) is 32.7. The summed E-state index contributed by atoms with van der Waals surface area (Å²) < 4.78 is 162. The summed E-state index contributed by atoms with van der Waals surface area (Å²) in [6.07, 6.45) is -13.3. The largest absolute Gasteiger partial charge is 0.446 e. The minimum absolute atomic E-state index is 0.0560. The van der Waals surface area contributed by atoms with E-state index in [0.717, 1.165) is 77.0 Å². The second-order valence-corrected chi connectivity index (χ2v) is 10.8. The van der Waals surface area contributed by atoms with Crippen molar-refractivity contribution in [3.05, 3.63) is 86.5 Å². The Bertz CT molecular complexity index is 1530. The van der Waals surface area contributed by atoms with Gasteiger partial charge in [-0.3, -0.25) is 9.59 Å². The Balaban J connectivity index is 2.07. The molecular weight excluding hydrogens is 747 g/mol. The third-order valence-corrected chi connectivity index (χ3v) is 7.30. The Kier molecular flexibility index (Phi) is 9.65. The van der Waals surface area contributed by atoms with E-state index in [1.165, 1.54) is 0 Å². The maximum absolute atomic E-state index is 15.4. The van der Waals surface area contributed by atoms with Gasteiger partial charge in [-0.1, -0.05) is 6.07 Å². The number of alkyl halides is 10. The smallest absolute Gasteiger partial charge is 0.320 e. The standard InChI is InChI=1S/C25H13F12IN2O2S/c1-40(21(42)11-5-7-13(26)8-6-11)16-4-2-3-14(18(16)27)20(41)39-19-15(38)9-12(10-17(19)43-25(35,36)37)22(28,23(29,30)31)24(32,33)34/h2-10H,1H3,(H,39,41). The molecule has 0 saturated carbocycles. The van der Waals surface area contributed by atoms with Gasteiger partial charge in [-0.15, -0.1) is 0 Å². The summed E-state index contributed by atoms with van der Waals surface area (Å²) in [4.78, 5) is 24.9. The maximum atomic E-state index is 15.4. The summed E-state index contributed by atoms with van der Waals surface area (Å²) in [5.41, 5.74) is -16.2. The Morgan fingerprint density at radius 1 is 0.837 bits per heavy atom. The molecule has 0 unspecified atom stereocenters. The van der Waals surface area contributed by atoms with Crippen molar-refractivity contribution in [2.45, 2.75) is 28.4 Å². The van der Waals surface area contributed by atoms with Crippen LogP contribution < -0.4 is 10.2 Å². The van der Waals surface area contributed by atoms with Gasteiger partial charge in [0.15, 0.2) is 5.82 Å². The van der Waals surface area contributed by atoms with Crippen LogP contribution in [0, 0.1) is 15.2 Å². The molecule has 3 aromatic rings. The number of carbonyl (C=O) groups excluding carboxylic acids is 2. The maximum Gasteiger partial charge on any atom is 0.446 e. The number of amides is 2. The summed E-state index contributed by atoms with van der Waals surface area (Å²) in [6, 6.07) is 6.55. The first kappa shape index (κ1) is 34.3. The lowest BCUT2D eigenvalue weighted by molar-refractivity contribution is -0.348. The summed E-state index contributed by atoms with van der Waals surface area (Å²) >= 11 is -0.264. The van der Waals surface area contributed by atoms with Crippen LogP contribution in [0.25, 0.3) is 0 Å². The highest BCUT2D eigenvalue weighted by atomic mass is 127. The van der Waals surface area contributed by atoms with Gasteiger partial charge in [0.2, 0.25) is 0 Å². The number of rotatable bonds is 6. The lowest BCUT2D eigenvalue weighted by Gasteiger charge is -2.31. The van der Waals surface area contributed by atoms with E-state index in [1.807, 2.05) is 5.32 Å². The van der Waals surface area contributed by atoms with Crippen molar-refractivity contribution < 1.29 is 62.3 Å². The minimum atomic E-state index is -6.64. The molecule has 18 heteroatoms. The molecule has 2 amide bonds. The van der Waals surface area contributed by atoms with E-state index in [4.69, 9.17) is 0 Å². The van der Waals surface area contributed by atoms with E-state index in [9.17, 15) is 57.9 Å². The summed E-state index contributed by atoms with van der Waals surface area (Å²) in [6.45, 7) is 0. The van der Waals surface area contributed by atoms with Crippen LogP contribution in [0.5, 0.6) is 0 Å². The molecule has 4 nitrogen and oxygen atoms in total. The normalized spacial score (nSPS) is 12.7. The van der Waals surface area contributed by atoms with Crippen LogP contribution in [0.15, 0.2) is 59.5 Å².